The van der Waals surface area contributed by atoms with Crippen molar-refractivity contribution in [2.45, 2.75) is 4.90 Å². The molecule has 0 fully saturated rings. The molecular weight excluding hydrogens is 215 g/mol. The summed E-state index contributed by atoms with van der Waals surface area (Å²) in [7, 11) is -3.68. The number of aliphatic hydroxyl groups is 1. The van der Waals surface area contributed by atoms with Crippen molar-refractivity contribution in [3.63, 3.8) is 0 Å². The third-order valence-corrected chi connectivity index (χ3v) is 2.69. The van der Waals surface area contributed by atoms with Crippen LogP contribution in [-0.4, -0.2) is 56.3 Å². The Labute approximate surface area is 105 Å². The van der Waals surface area contributed by atoms with Gasteiger partial charge in [0.2, 0.25) is 0 Å². The molecule has 0 atom stereocenters. The number of benzene rings is 1. The van der Waals surface area contributed by atoms with Crippen LogP contribution in [0.3, 0.4) is 0 Å². The van der Waals surface area contributed by atoms with Crippen LogP contribution in [0.4, 0.5) is 0 Å². The molecule has 6 heteroatoms. The molecule has 0 amide bonds. The third kappa shape index (κ3) is 4.08. The van der Waals surface area contributed by atoms with E-state index in [1.165, 1.54) is 12.1 Å². The van der Waals surface area contributed by atoms with Crippen LogP contribution < -0.4 is 0 Å². The van der Waals surface area contributed by atoms with Crippen molar-refractivity contribution < 1.29 is 17.7 Å². The van der Waals surface area contributed by atoms with Gasteiger partial charge in [0.25, 0.3) is 10.1 Å². The standard InChI is InChI=1S/C8H10O4S.Na.H/c9-6-7-12-13(10,11)8-4-2-1-3-5-8;;/h1-5,9H,6-7H2;;. The predicted molar refractivity (Wildman–Crippen MR) is 53.8 cm³/mol. The first kappa shape index (κ1) is 14.1. The Bertz CT molecular complexity index is 349. The first-order chi connectivity index (χ1) is 6.17. The molecule has 1 aromatic rings. The summed E-state index contributed by atoms with van der Waals surface area (Å²) in [6.45, 7) is -0.525. The monoisotopic (exact) mass is 226 g/mol. The summed E-state index contributed by atoms with van der Waals surface area (Å²) in [6.07, 6.45) is 0. The zero-order valence-corrected chi connectivity index (χ0v) is 7.70. The molecule has 4 nitrogen and oxygen atoms in total. The fraction of sp³-hybridized carbons (Fsp3) is 0.250. The van der Waals surface area contributed by atoms with Gasteiger partial charge in [-0.15, -0.1) is 0 Å². The van der Waals surface area contributed by atoms with Crippen LogP contribution in [0.1, 0.15) is 0 Å². The fourth-order valence-corrected chi connectivity index (χ4v) is 1.72. The molecule has 0 radical (unpaired) electrons. The summed E-state index contributed by atoms with van der Waals surface area (Å²) in [5.74, 6) is 0. The maximum atomic E-state index is 11.3. The molecule has 1 aromatic carbocycles. The number of aliphatic hydroxyl groups excluding tert-OH is 1. The molecule has 0 bridgehead atoms. The van der Waals surface area contributed by atoms with E-state index >= 15 is 0 Å². The summed E-state index contributed by atoms with van der Waals surface area (Å²) >= 11 is 0. The first-order valence-electron chi connectivity index (χ1n) is 3.72. The maximum absolute atomic E-state index is 11.3. The Balaban J connectivity index is 0.00000169. The second kappa shape index (κ2) is 6.55. The van der Waals surface area contributed by atoms with Crippen molar-refractivity contribution in [1.29, 1.82) is 0 Å². The molecular formula is C8H11NaO4S. The Morgan fingerprint density at radius 3 is 2.29 bits per heavy atom. The third-order valence-electron chi connectivity index (χ3n) is 1.36. The van der Waals surface area contributed by atoms with Crippen LogP contribution in [0.15, 0.2) is 35.2 Å². The molecule has 14 heavy (non-hydrogen) atoms. The minimum absolute atomic E-state index is 0. The predicted octanol–water partition coefficient (Wildman–Crippen LogP) is -0.264. The van der Waals surface area contributed by atoms with Crippen LogP contribution in [0.25, 0.3) is 0 Å². The van der Waals surface area contributed by atoms with Gasteiger partial charge in [-0.25, -0.2) is 0 Å². The van der Waals surface area contributed by atoms with Gasteiger partial charge in [0.05, 0.1) is 18.1 Å². The van der Waals surface area contributed by atoms with E-state index in [-0.39, 0.29) is 47.7 Å². The van der Waals surface area contributed by atoms with E-state index in [1.54, 1.807) is 18.2 Å². The Hall–Kier alpha value is 0.0900. The number of hydrogen-bond acceptors (Lipinski definition) is 4. The molecule has 0 saturated heterocycles. The van der Waals surface area contributed by atoms with E-state index in [1.807, 2.05) is 0 Å². The van der Waals surface area contributed by atoms with Crippen LogP contribution in [0, 0.1) is 0 Å². The van der Waals surface area contributed by atoms with Gasteiger partial charge in [-0.2, -0.15) is 8.42 Å². The molecule has 0 spiro atoms. The Morgan fingerprint density at radius 2 is 1.79 bits per heavy atom. The van der Waals surface area contributed by atoms with Crippen molar-refractivity contribution in [3.8, 4) is 0 Å². The molecule has 0 aromatic heterocycles. The number of hydrogen-bond donors (Lipinski definition) is 1. The zero-order chi connectivity index (χ0) is 9.73. The van der Waals surface area contributed by atoms with E-state index in [4.69, 9.17) is 5.11 Å². The minimum atomic E-state index is -3.68. The number of rotatable bonds is 4. The topological polar surface area (TPSA) is 63.6 Å². The summed E-state index contributed by atoms with van der Waals surface area (Å²) in [4.78, 5) is 0.100. The molecule has 0 aliphatic rings. The normalized spacial score (nSPS) is 10.6. The Morgan fingerprint density at radius 1 is 1.21 bits per heavy atom. The van der Waals surface area contributed by atoms with E-state index in [0.717, 1.165) is 0 Å². The molecule has 0 unspecified atom stereocenters. The van der Waals surface area contributed by atoms with Crippen LogP contribution >= 0.6 is 0 Å². The van der Waals surface area contributed by atoms with E-state index in [9.17, 15) is 8.42 Å². The van der Waals surface area contributed by atoms with Gasteiger partial charge in [0, 0.05) is 0 Å². The second-order valence-corrected chi connectivity index (χ2v) is 3.93. The van der Waals surface area contributed by atoms with Crippen molar-refractivity contribution in [2.75, 3.05) is 13.2 Å². The molecule has 1 N–H and O–H groups in total. The molecule has 0 saturated carbocycles. The quantitative estimate of drug-likeness (QED) is 0.567. The SMILES string of the molecule is O=S(=O)(OCCO)c1ccccc1.[NaH]. The van der Waals surface area contributed by atoms with Crippen LogP contribution in [0.2, 0.25) is 0 Å². The fourth-order valence-electron chi connectivity index (χ4n) is 0.802. The van der Waals surface area contributed by atoms with Crippen LogP contribution in [-0.2, 0) is 14.3 Å². The van der Waals surface area contributed by atoms with Crippen molar-refractivity contribution in [3.05, 3.63) is 30.3 Å². The van der Waals surface area contributed by atoms with Gasteiger partial charge in [0.15, 0.2) is 0 Å². The van der Waals surface area contributed by atoms with Crippen molar-refractivity contribution in [1.82, 2.24) is 0 Å². The van der Waals surface area contributed by atoms with Crippen molar-refractivity contribution in [2.24, 2.45) is 0 Å². The summed E-state index contributed by atoms with van der Waals surface area (Å²) in [6, 6.07) is 7.80. The molecule has 74 valence electrons. The van der Waals surface area contributed by atoms with Gasteiger partial charge < -0.3 is 5.11 Å². The average molecular weight is 226 g/mol. The van der Waals surface area contributed by atoms with Crippen LogP contribution in [0.5, 0.6) is 0 Å². The summed E-state index contributed by atoms with van der Waals surface area (Å²) in [5.41, 5.74) is 0. The Kier molecular flexibility index (Phi) is 6.59. The summed E-state index contributed by atoms with van der Waals surface area (Å²) in [5, 5.41) is 8.39. The molecule has 1 rings (SSSR count). The zero-order valence-electron chi connectivity index (χ0n) is 6.88. The molecule has 0 heterocycles. The molecule has 0 aliphatic carbocycles. The van der Waals surface area contributed by atoms with Gasteiger partial charge in [-0.3, -0.25) is 4.18 Å². The second-order valence-electron chi connectivity index (χ2n) is 2.31. The van der Waals surface area contributed by atoms with Gasteiger partial charge in [-0.1, -0.05) is 18.2 Å². The van der Waals surface area contributed by atoms with Gasteiger partial charge in [0.1, 0.15) is 0 Å². The summed E-state index contributed by atoms with van der Waals surface area (Å²) < 4.78 is 27.0. The van der Waals surface area contributed by atoms with E-state index < -0.39 is 10.1 Å². The van der Waals surface area contributed by atoms with Crippen molar-refractivity contribution >= 4 is 39.7 Å². The van der Waals surface area contributed by atoms with Gasteiger partial charge in [-0.05, 0) is 12.1 Å². The molecule has 0 aliphatic heterocycles. The first-order valence-corrected chi connectivity index (χ1v) is 5.13. The average Bonchev–Trinajstić information content (AvgIpc) is 2.16. The van der Waals surface area contributed by atoms with Gasteiger partial charge >= 0.3 is 29.6 Å². The van der Waals surface area contributed by atoms with E-state index in [0.29, 0.717) is 0 Å². The van der Waals surface area contributed by atoms with E-state index in [2.05, 4.69) is 4.18 Å².